The number of hydrogen-bond donors (Lipinski definition) is 0. The molecule has 0 radical (unpaired) electrons. The number of halogens is 3. The number of benzene rings is 2. The molecule has 1 unspecified atom stereocenters. The Labute approximate surface area is 128 Å². The van der Waals surface area contributed by atoms with E-state index in [0.29, 0.717) is 18.4 Å². The van der Waals surface area contributed by atoms with Crippen LogP contribution in [0.4, 0.5) is 13.2 Å². The van der Waals surface area contributed by atoms with Crippen LogP contribution in [-0.2, 0) is 12.8 Å². The summed E-state index contributed by atoms with van der Waals surface area (Å²) < 4.78 is 42.0. The van der Waals surface area contributed by atoms with Gasteiger partial charge in [-0.3, -0.25) is 0 Å². The second kappa shape index (κ2) is 5.99. The molecule has 114 valence electrons. The summed E-state index contributed by atoms with van der Waals surface area (Å²) in [6.45, 7) is 1.80. The zero-order valence-corrected chi connectivity index (χ0v) is 12.4. The average Bonchev–Trinajstić information content (AvgIpc) is 2.46. The summed E-state index contributed by atoms with van der Waals surface area (Å²) in [5.41, 5.74) is 2.57. The van der Waals surface area contributed by atoms with Gasteiger partial charge in [-0.15, -0.1) is 0 Å². The standard InChI is InChI=1S/C19H17F3/c1-2-3-12-8-17(21)19(18(22)9-12)14-5-4-13-6-7-16(20)11-15(13)10-14/h2-3,6-9,11,14H,4-5,10H2,1H3/b3-2+. The van der Waals surface area contributed by atoms with Crippen LogP contribution in [-0.4, -0.2) is 0 Å². The van der Waals surface area contributed by atoms with Gasteiger partial charge in [-0.2, -0.15) is 0 Å². The number of allylic oxidation sites excluding steroid dienone is 1. The van der Waals surface area contributed by atoms with Crippen LogP contribution in [0.25, 0.3) is 6.08 Å². The van der Waals surface area contributed by atoms with Crippen molar-refractivity contribution in [3.8, 4) is 0 Å². The van der Waals surface area contributed by atoms with Gasteiger partial charge in [0, 0.05) is 5.56 Å². The van der Waals surface area contributed by atoms with E-state index in [4.69, 9.17) is 0 Å². The summed E-state index contributed by atoms with van der Waals surface area (Å²) in [6, 6.07) is 7.40. The van der Waals surface area contributed by atoms with Crippen LogP contribution < -0.4 is 0 Å². The topological polar surface area (TPSA) is 0 Å². The second-order valence-corrected chi connectivity index (χ2v) is 5.75. The number of hydrogen-bond acceptors (Lipinski definition) is 0. The number of fused-ring (bicyclic) bond motifs is 1. The Hall–Kier alpha value is -2.03. The summed E-state index contributed by atoms with van der Waals surface area (Å²) in [7, 11) is 0. The van der Waals surface area contributed by atoms with Crippen molar-refractivity contribution in [2.45, 2.75) is 32.1 Å². The molecule has 1 aliphatic carbocycles. The largest absolute Gasteiger partial charge is 0.207 e. The third kappa shape index (κ3) is 2.80. The smallest absolute Gasteiger partial charge is 0.130 e. The average molecular weight is 302 g/mol. The summed E-state index contributed by atoms with van der Waals surface area (Å²) in [6.07, 6.45) is 5.28. The first-order chi connectivity index (χ1) is 10.6. The molecule has 0 saturated heterocycles. The predicted octanol–water partition coefficient (Wildman–Crippen LogP) is 5.41. The molecule has 0 amide bonds. The van der Waals surface area contributed by atoms with E-state index in [-0.39, 0.29) is 17.3 Å². The molecule has 0 aliphatic heterocycles. The molecular weight excluding hydrogens is 285 g/mol. The van der Waals surface area contributed by atoms with E-state index < -0.39 is 11.6 Å². The van der Waals surface area contributed by atoms with Gasteiger partial charge in [-0.25, -0.2) is 13.2 Å². The van der Waals surface area contributed by atoms with E-state index in [2.05, 4.69) is 0 Å². The molecular formula is C19H17F3. The van der Waals surface area contributed by atoms with Crippen molar-refractivity contribution >= 4 is 6.08 Å². The van der Waals surface area contributed by atoms with Crippen molar-refractivity contribution in [2.75, 3.05) is 0 Å². The highest BCUT2D eigenvalue weighted by atomic mass is 19.1. The molecule has 0 aromatic heterocycles. The van der Waals surface area contributed by atoms with Crippen LogP contribution in [0.5, 0.6) is 0 Å². The fourth-order valence-electron chi connectivity index (χ4n) is 3.25. The van der Waals surface area contributed by atoms with Crippen LogP contribution in [0, 0.1) is 17.5 Å². The van der Waals surface area contributed by atoms with Crippen LogP contribution in [0.2, 0.25) is 0 Å². The molecule has 0 N–H and O–H groups in total. The summed E-state index contributed by atoms with van der Waals surface area (Å²) in [5.74, 6) is -1.58. The highest BCUT2D eigenvalue weighted by Crippen LogP contribution is 2.36. The fourth-order valence-corrected chi connectivity index (χ4v) is 3.25. The Bertz CT molecular complexity index is 708. The van der Waals surface area contributed by atoms with Gasteiger partial charge in [-0.05, 0) is 73.1 Å². The molecule has 0 bridgehead atoms. The van der Waals surface area contributed by atoms with Crippen molar-refractivity contribution in [1.29, 1.82) is 0 Å². The normalized spacial score (nSPS) is 17.7. The Morgan fingerprint density at radius 1 is 1.00 bits per heavy atom. The molecule has 22 heavy (non-hydrogen) atoms. The quantitative estimate of drug-likeness (QED) is 0.696. The lowest BCUT2D eigenvalue weighted by atomic mass is 9.79. The first kappa shape index (κ1) is 14.9. The van der Waals surface area contributed by atoms with Crippen molar-refractivity contribution < 1.29 is 13.2 Å². The molecule has 2 aromatic carbocycles. The van der Waals surface area contributed by atoms with Crippen LogP contribution in [0.3, 0.4) is 0 Å². The summed E-state index contributed by atoms with van der Waals surface area (Å²) in [5, 5.41) is 0. The van der Waals surface area contributed by atoms with Crippen molar-refractivity contribution in [3.63, 3.8) is 0 Å². The van der Waals surface area contributed by atoms with E-state index in [0.717, 1.165) is 17.5 Å². The molecule has 0 fully saturated rings. The zero-order chi connectivity index (χ0) is 15.7. The van der Waals surface area contributed by atoms with Gasteiger partial charge in [-0.1, -0.05) is 18.2 Å². The highest BCUT2D eigenvalue weighted by Gasteiger charge is 2.25. The molecule has 0 heterocycles. The van der Waals surface area contributed by atoms with E-state index in [1.807, 2.05) is 0 Å². The van der Waals surface area contributed by atoms with Crippen molar-refractivity contribution in [1.82, 2.24) is 0 Å². The molecule has 1 aliphatic rings. The molecule has 2 aromatic rings. The van der Waals surface area contributed by atoms with E-state index in [9.17, 15) is 13.2 Å². The van der Waals surface area contributed by atoms with E-state index in [1.165, 1.54) is 24.3 Å². The molecule has 3 rings (SSSR count). The minimum absolute atomic E-state index is 0.128. The van der Waals surface area contributed by atoms with Gasteiger partial charge in [0.1, 0.15) is 17.5 Å². The summed E-state index contributed by atoms with van der Waals surface area (Å²) in [4.78, 5) is 0. The van der Waals surface area contributed by atoms with E-state index >= 15 is 0 Å². The van der Waals surface area contributed by atoms with E-state index in [1.54, 1.807) is 25.1 Å². The van der Waals surface area contributed by atoms with Gasteiger partial charge in [0.05, 0.1) is 0 Å². The lowest BCUT2D eigenvalue weighted by molar-refractivity contribution is 0.489. The van der Waals surface area contributed by atoms with Gasteiger partial charge < -0.3 is 0 Å². The monoisotopic (exact) mass is 302 g/mol. The highest BCUT2D eigenvalue weighted by molar-refractivity contribution is 5.50. The molecule has 1 atom stereocenters. The maximum atomic E-state index is 14.3. The van der Waals surface area contributed by atoms with Gasteiger partial charge >= 0.3 is 0 Å². The lowest BCUT2D eigenvalue weighted by Gasteiger charge is -2.25. The van der Waals surface area contributed by atoms with Crippen molar-refractivity contribution in [3.05, 3.63) is 76.1 Å². The van der Waals surface area contributed by atoms with Gasteiger partial charge in [0.15, 0.2) is 0 Å². The predicted molar refractivity (Wildman–Crippen MR) is 82.2 cm³/mol. The Morgan fingerprint density at radius 2 is 1.73 bits per heavy atom. The van der Waals surface area contributed by atoms with Crippen LogP contribution >= 0.6 is 0 Å². The Morgan fingerprint density at radius 3 is 2.41 bits per heavy atom. The van der Waals surface area contributed by atoms with Crippen molar-refractivity contribution in [2.24, 2.45) is 0 Å². The van der Waals surface area contributed by atoms with Gasteiger partial charge in [0.2, 0.25) is 0 Å². The third-order valence-corrected chi connectivity index (χ3v) is 4.27. The maximum Gasteiger partial charge on any atom is 0.130 e. The number of rotatable bonds is 2. The Kier molecular flexibility index (Phi) is 4.06. The van der Waals surface area contributed by atoms with Crippen LogP contribution in [0.15, 0.2) is 36.4 Å². The first-order valence-electron chi connectivity index (χ1n) is 7.47. The molecule has 0 saturated carbocycles. The third-order valence-electron chi connectivity index (χ3n) is 4.27. The fraction of sp³-hybridized carbons (Fsp3) is 0.263. The summed E-state index contributed by atoms with van der Waals surface area (Å²) >= 11 is 0. The molecule has 0 spiro atoms. The Balaban J connectivity index is 1.96. The zero-order valence-electron chi connectivity index (χ0n) is 12.4. The first-order valence-corrected chi connectivity index (χ1v) is 7.47. The lowest BCUT2D eigenvalue weighted by Crippen LogP contribution is -2.16. The van der Waals surface area contributed by atoms with Crippen LogP contribution in [0.1, 0.15) is 41.5 Å². The maximum absolute atomic E-state index is 14.3. The minimum Gasteiger partial charge on any atom is -0.207 e. The molecule has 0 nitrogen and oxygen atoms in total. The molecule has 3 heteroatoms. The number of aryl methyl sites for hydroxylation is 1. The SMILES string of the molecule is C/C=C/c1cc(F)c(C2CCc3ccc(F)cc3C2)c(F)c1. The second-order valence-electron chi connectivity index (χ2n) is 5.75. The minimum atomic E-state index is -0.516. The van der Waals surface area contributed by atoms with Gasteiger partial charge in [0.25, 0.3) is 0 Å².